The Morgan fingerprint density at radius 2 is 1.58 bits per heavy atom. The summed E-state index contributed by atoms with van der Waals surface area (Å²) in [6.07, 6.45) is 0. The standard InChI is InChI=1S/C18H16N4OS/c1-21(2)22-16(23)11-24-18(22)20-17-12-7-3-5-9-14(12)19-15-10-6-4-8-13(15)17/h3-11,23H,1-2H3. The maximum absolute atomic E-state index is 10.1. The van der Waals surface area contributed by atoms with Crippen LogP contribution in [0.3, 0.4) is 0 Å². The van der Waals surface area contributed by atoms with Crippen molar-refractivity contribution in [2.24, 2.45) is 4.99 Å². The summed E-state index contributed by atoms with van der Waals surface area (Å²) in [6.45, 7) is 0. The average Bonchev–Trinajstić information content (AvgIpc) is 2.95. The molecule has 0 saturated heterocycles. The average molecular weight is 336 g/mol. The van der Waals surface area contributed by atoms with Crippen molar-refractivity contribution in [3.63, 3.8) is 0 Å². The summed E-state index contributed by atoms with van der Waals surface area (Å²) < 4.78 is 1.68. The van der Waals surface area contributed by atoms with Crippen molar-refractivity contribution in [3.05, 3.63) is 58.7 Å². The molecule has 2 aromatic heterocycles. The SMILES string of the molecule is CN(C)n1c(O)csc1=Nc1c2ccccc2nc2ccccc12. The summed E-state index contributed by atoms with van der Waals surface area (Å²) in [4.78, 5) is 10.3. The molecule has 0 aliphatic heterocycles. The van der Waals surface area contributed by atoms with Gasteiger partial charge in [0.25, 0.3) is 0 Å². The van der Waals surface area contributed by atoms with E-state index in [4.69, 9.17) is 9.98 Å². The highest BCUT2D eigenvalue weighted by atomic mass is 32.1. The molecular weight excluding hydrogens is 320 g/mol. The molecule has 0 aliphatic carbocycles. The first kappa shape index (κ1) is 14.7. The van der Waals surface area contributed by atoms with Gasteiger partial charge in [-0.3, -0.25) is 0 Å². The minimum absolute atomic E-state index is 0.173. The molecule has 24 heavy (non-hydrogen) atoms. The molecule has 4 rings (SSSR count). The minimum Gasteiger partial charge on any atom is -0.493 e. The second kappa shape index (κ2) is 5.65. The van der Waals surface area contributed by atoms with E-state index >= 15 is 0 Å². The van der Waals surface area contributed by atoms with Gasteiger partial charge in [0.05, 0.1) is 22.1 Å². The molecule has 0 saturated carbocycles. The number of pyridine rings is 1. The van der Waals surface area contributed by atoms with E-state index in [0.717, 1.165) is 27.5 Å². The second-order valence-corrected chi connectivity index (χ2v) is 6.48. The summed E-state index contributed by atoms with van der Waals surface area (Å²) in [5, 5.41) is 15.5. The number of nitrogens with zero attached hydrogens (tertiary/aromatic N) is 4. The Labute approximate surface area is 142 Å². The molecule has 1 N–H and O–H groups in total. The largest absolute Gasteiger partial charge is 0.493 e. The Kier molecular flexibility index (Phi) is 3.46. The van der Waals surface area contributed by atoms with E-state index in [1.54, 1.807) is 15.1 Å². The molecule has 0 aliphatic rings. The highest BCUT2D eigenvalue weighted by Crippen LogP contribution is 2.32. The lowest BCUT2D eigenvalue weighted by molar-refractivity contribution is 0.415. The van der Waals surface area contributed by atoms with Gasteiger partial charge in [-0.1, -0.05) is 47.7 Å². The third-order valence-corrected chi connectivity index (χ3v) is 4.64. The molecule has 2 heterocycles. The number of aromatic nitrogens is 2. The van der Waals surface area contributed by atoms with Crippen LogP contribution in [0.15, 0.2) is 58.9 Å². The predicted octanol–water partition coefficient (Wildman–Crippen LogP) is 3.39. The van der Waals surface area contributed by atoms with Gasteiger partial charge in [0, 0.05) is 24.9 Å². The van der Waals surface area contributed by atoms with E-state index in [2.05, 4.69) is 0 Å². The monoisotopic (exact) mass is 336 g/mol. The van der Waals surface area contributed by atoms with Crippen LogP contribution in [0.25, 0.3) is 21.8 Å². The van der Waals surface area contributed by atoms with Crippen molar-refractivity contribution in [2.45, 2.75) is 0 Å². The number of aromatic hydroxyl groups is 1. The third-order valence-electron chi connectivity index (χ3n) is 3.83. The number of para-hydroxylation sites is 2. The van der Waals surface area contributed by atoms with Crippen LogP contribution in [0.2, 0.25) is 0 Å². The lowest BCUT2D eigenvalue weighted by Gasteiger charge is -2.14. The maximum atomic E-state index is 10.1. The number of hydrogen-bond acceptors (Lipinski definition) is 5. The van der Waals surface area contributed by atoms with Crippen LogP contribution in [0, 0.1) is 0 Å². The molecule has 0 spiro atoms. The molecule has 0 amide bonds. The quantitative estimate of drug-likeness (QED) is 0.571. The van der Waals surface area contributed by atoms with Crippen LogP contribution >= 0.6 is 11.3 Å². The molecule has 0 radical (unpaired) electrons. The molecule has 0 bridgehead atoms. The molecule has 0 fully saturated rings. The Balaban J connectivity index is 2.14. The summed E-state index contributed by atoms with van der Waals surface area (Å²) in [5.41, 5.74) is 2.69. The molecule has 4 aromatic rings. The van der Waals surface area contributed by atoms with E-state index in [0.29, 0.717) is 4.80 Å². The lowest BCUT2D eigenvalue weighted by atomic mass is 10.1. The van der Waals surface area contributed by atoms with Crippen molar-refractivity contribution in [2.75, 3.05) is 19.1 Å². The number of fused-ring (bicyclic) bond motifs is 2. The first-order valence-corrected chi connectivity index (χ1v) is 8.42. The van der Waals surface area contributed by atoms with Gasteiger partial charge in [0.15, 0.2) is 0 Å². The summed E-state index contributed by atoms with van der Waals surface area (Å²) in [7, 11) is 3.74. The van der Waals surface area contributed by atoms with Crippen molar-refractivity contribution in [1.29, 1.82) is 0 Å². The van der Waals surface area contributed by atoms with Crippen LogP contribution < -0.4 is 9.81 Å². The maximum Gasteiger partial charge on any atom is 0.223 e. The van der Waals surface area contributed by atoms with E-state index in [9.17, 15) is 5.11 Å². The van der Waals surface area contributed by atoms with Crippen molar-refractivity contribution >= 4 is 38.8 Å². The Hall–Kier alpha value is -2.86. The molecule has 0 atom stereocenters. The first-order chi connectivity index (χ1) is 11.6. The topological polar surface area (TPSA) is 53.6 Å². The van der Waals surface area contributed by atoms with E-state index < -0.39 is 0 Å². The Morgan fingerprint density at radius 1 is 1.00 bits per heavy atom. The zero-order valence-electron chi connectivity index (χ0n) is 13.3. The lowest BCUT2D eigenvalue weighted by Crippen LogP contribution is -2.32. The number of rotatable bonds is 2. The first-order valence-electron chi connectivity index (χ1n) is 7.54. The van der Waals surface area contributed by atoms with Gasteiger partial charge in [0.1, 0.15) is 0 Å². The normalized spacial score (nSPS) is 12.2. The van der Waals surface area contributed by atoms with Gasteiger partial charge in [-0.2, -0.15) is 4.68 Å². The Bertz CT molecular complexity index is 1060. The molecule has 5 nitrogen and oxygen atoms in total. The zero-order valence-corrected chi connectivity index (χ0v) is 14.2. The fourth-order valence-corrected chi connectivity index (χ4v) is 3.60. The third kappa shape index (κ3) is 2.32. The number of benzene rings is 2. The van der Waals surface area contributed by atoms with E-state index in [1.807, 2.05) is 62.6 Å². The second-order valence-electron chi connectivity index (χ2n) is 5.64. The van der Waals surface area contributed by atoms with Gasteiger partial charge < -0.3 is 10.1 Å². The van der Waals surface area contributed by atoms with Crippen molar-refractivity contribution < 1.29 is 5.11 Å². The van der Waals surface area contributed by atoms with Crippen LogP contribution in [0.4, 0.5) is 5.69 Å². The highest BCUT2D eigenvalue weighted by molar-refractivity contribution is 7.07. The smallest absolute Gasteiger partial charge is 0.223 e. The predicted molar refractivity (Wildman–Crippen MR) is 98.5 cm³/mol. The number of hydrogen-bond donors (Lipinski definition) is 1. The molecule has 0 unspecified atom stereocenters. The van der Waals surface area contributed by atoms with Gasteiger partial charge in [-0.15, -0.1) is 0 Å². The van der Waals surface area contributed by atoms with Gasteiger partial charge in [0.2, 0.25) is 10.7 Å². The van der Waals surface area contributed by atoms with Crippen LogP contribution in [-0.2, 0) is 0 Å². The summed E-state index contributed by atoms with van der Waals surface area (Å²) in [5.74, 6) is 0.173. The van der Waals surface area contributed by atoms with E-state index in [1.165, 1.54) is 11.3 Å². The van der Waals surface area contributed by atoms with Crippen LogP contribution in [0.1, 0.15) is 0 Å². The van der Waals surface area contributed by atoms with Gasteiger partial charge in [-0.05, 0) is 12.1 Å². The molecule has 2 aromatic carbocycles. The summed E-state index contributed by atoms with van der Waals surface area (Å²) >= 11 is 1.40. The fourth-order valence-electron chi connectivity index (χ4n) is 2.79. The van der Waals surface area contributed by atoms with E-state index in [-0.39, 0.29) is 5.88 Å². The molecule has 6 heteroatoms. The Morgan fingerprint density at radius 3 is 2.17 bits per heavy atom. The molecule has 120 valence electrons. The minimum atomic E-state index is 0.173. The highest BCUT2D eigenvalue weighted by Gasteiger charge is 2.10. The van der Waals surface area contributed by atoms with Crippen LogP contribution in [-0.4, -0.2) is 28.9 Å². The number of thiazole rings is 1. The summed E-state index contributed by atoms with van der Waals surface area (Å²) in [6, 6.07) is 16.0. The van der Waals surface area contributed by atoms with Crippen molar-refractivity contribution in [3.8, 4) is 5.88 Å². The van der Waals surface area contributed by atoms with Crippen LogP contribution in [0.5, 0.6) is 5.88 Å². The van der Waals surface area contributed by atoms with Gasteiger partial charge >= 0.3 is 0 Å². The fraction of sp³-hybridized carbons (Fsp3) is 0.111. The molecular formula is C18H16N4OS. The zero-order chi connectivity index (χ0) is 16.7. The van der Waals surface area contributed by atoms with Gasteiger partial charge in [-0.25, -0.2) is 9.98 Å². The van der Waals surface area contributed by atoms with Crippen molar-refractivity contribution in [1.82, 2.24) is 9.66 Å².